The highest BCUT2D eigenvalue weighted by Gasteiger charge is 2.28. The van der Waals surface area contributed by atoms with Crippen LogP contribution in [-0.2, 0) is 4.74 Å². The first-order valence-corrected chi connectivity index (χ1v) is 11.6. The summed E-state index contributed by atoms with van der Waals surface area (Å²) >= 11 is 0. The molecule has 1 fully saturated rings. The van der Waals surface area contributed by atoms with Gasteiger partial charge in [0.15, 0.2) is 0 Å². The van der Waals surface area contributed by atoms with Crippen molar-refractivity contribution in [3.05, 3.63) is 94.9 Å². The molecule has 5 nitrogen and oxygen atoms in total. The molecule has 2 heterocycles. The fraction of sp³-hybridized carbons (Fsp3) is 0.286. The molecule has 0 radical (unpaired) electrons. The van der Waals surface area contributed by atoms with E-state index in [1.807, 2.05) is 36.4 Å². The van der Waals surface area contributed by atoms with Crippen molar-refractivity contribution in [2.45, 2.75) is 45.1 Å². The van der Waals surface area contributed by atoms with Gasteiger partial charge < -0.3 is 14.2 Å². The SMILES string of the molecule is CCCOC(c1ccc(-c2ccccc2C(=O)O)cc1)c1ccc(C)c2nc(C3CC3)cn12. The number of rotatable bonds is 8. The zero-order valence-electron chi connectivity index (χ0n) is 19.0. The van der Waals surface area contributed by atoms with E-state index in [4.69, 9.17) is 9.72 Å². The molecule has 5 rings (SSSR count). The minimum atomic E-state index is -0.924. The van der Waals surface area contributed by atoms with Crippen molar-refractivity contribution in [1.82, 2.24) is 9.38 Å². The van der Waals surface area contributed by atoms with Crippen LogP contribution in [0.3, 0.4) is 0 Å². The van der Waals surface area contributed by atoms with Gasteiger partial charge in [0.25, 0.3) is 0 Å². The summed E-state index contributed by atoms with van der Waals surface area (Å²) in [5.41, 5.74) is 7.29. The second-order valence-electron chi connectivity index (χ2n) is 8.80. The summed E-state index contributed by atoms with van der Waals surface area (Å²) in [5, 5.41) is 9.56. The van der Waals surface area contributed by atoms with Crippen LogP contribution in [0.1, 0.15) is 71.1 Å². The minimum Gasteiger partial charge on any atom is -0.478 e. The largest absolute Gasteiger partial charge is 0.478 e. The number of hydrogen-bond donors (Lipinski definition) is 1. The first-order valence-electron chi connectivity index (χ1n) is 11.6. The van der Waals surface area contributed by atoms with Crippen LogP contribution in [-0.4, -0.2) is 27.1 Å². The molecule has 0 spiro atoms. The quantitative estimate of drug-likeness (QED) is 0.344. The van der Waals surface area contributed by atoms with Crippen LogP contribution < -0.4 is 0 Å². The number of pyridine rings is 1. The number of carboxylic acids is 1. The van der Waals surface area contributed by atoms with E-state index < -0.39 is 5.97 Å². The number of nitrogens with zero attached hydrogens (tertiary/aromatic N) is 2. The van der Waals surface area contributed by atoms with Crippen LogP contribution in [0.5, 0.6) is 0 Å². The molecule has 0 amide bonds. The Hall–Kier alpha value is -3.44. The van der Waals surface area contributed by atoms with Gasteiger partial charge in [-0.3, -0.25) is 0 Å². The van der Waals surface area contributed by atoms with Crippen LogP contribution in [0.2, 0.25) is 0 Å². The molecule has 0 bridgehead atoms. The molecule has 0 aliphatic heterocycles. The standard InChI is InChI=1S/C28H28N2O3/c1-3-16-33-26(25-15-8-18(2)27-29-24(17-30(25)27)20-11-12-20)21-13-9-19(10-14-21)22-6-4-5-7-23(22)28(31)32/h4-10,13-15,17,20,26H,3,11-12,16H2,1-2H3,(H,31,32). The number of aryl methyl sites for hydroxylation is 1. The highest BCUT2D eigenvalue weighted by molar-refractivity contribution is 5.96. The minimum absolute atomic E-state index is 0.238. The number of carbonyl (C=O) groups is 1. The number of fused-ring (bicyclic) bond motifs is 1. The number of imidazole rings is 1. The maximum Gasteiger partial charge on any atom is 0.336 e. The fourth-order valence-corrected chi connectivity index (χ4v) is 4.38. The Morgan fingerprint density at radius 2 is 1.88 bits per heavy atom. The maximum atomic E-state index is 11.7. The summed E-state index contributed by atoms with van der Waals surface area (Å²) in [6, 6.07) is 19.4. The maximum absolute atomic E-state index is 11.7. The van der Waals surface area contributed by atoms with Crippen molar-refractivity contribution in [2.24, 2.45) is 0 Å². The van der Waals surface area contributed by atoms with E-state index in [1.54, 1.807) is 12.1 Å². The third-order valence-electron chi connectivity index (χ3n) is 6.29. The number of benzene rings is 2. The highest BCUT2D eigenvalue weighted by Crippen LogP contribution is 2.40. The third kappa shape index (κ3) is 4.16. The zero-order chi connectivity index (χ0) is 22.9. The van der Waals surface area contributed by atoms with E-state index in [0.29, 0.717) is 23.7 Å². The van der Waals surface area contributed by atoms with Gasteiger partial charge in [0.05, 0.1) is 17.0 Å². The van der Waals surface area contributed by atoms with E-state index in [0.717, 1.165) is 34.5 Å². The average molecular weight is 441 g/mol. The van der Waals surface area contributed by atoms with Crippen molar-refractivity contribution < 1.29 is 14.6 Å². The van der Waals surface area contributed by atoms with Gasteiger partial charge in [0.2, 0.25) is 0 Å². The highest BCUT2D eigenvalue weighted by atomic mass is 16.5. The van der Waals surface area contributed by atoms with Gasteiger partial charge in [-0.2, -0.15) is 0 Å². The van der Waals surface area contributed by atoms with E-state index >= 15 is 0 Å². The second-order valence-corrected chi connectivity index (χ2v) is 8.80. The summed E-state index contributed by atoms with van der Waals surface area (Å²) < 4.78 is 8.55. The number of aromatic nitrogens is 2. The van der Waals surface area contributed by atoms with Gasteiger partial charge in [0.1, 0.15) is 11.8 Å². The first-order chi connectivity index (χ1) is 16.1. The van der Waals surface area contributed by atoms with Crippen molar-refractivity contribution in [2.75, 3.05) is 6.61 Å². The molecule has 4 aromatic rings. The topological polar surface area (TPSA) is 63.8 Å². The molecule has 1 atom stereocenters. The summed E-state index contributed by atoms with van der Waals surface area (Å²) in [5.74, 6) is -0.340. The van der Waals surface area contributed by atoms with E-state index in [-0.39, 0.29) is 6.10 Å². The van der Waals surface area contributed by atoms with Crippen LogP contribution in [0.25, 0.3) is 16.8 Å². The first kappa shape index (κ1) is 21.4. The monoisotopic (exact) mass is 440 g/mol. The number of carboxylic acid groups (broad SMARTS) is 1. The predicted molar refractivity (Wildman–Crippen MR) is 129 cm³/mol. The third-order valence-corrected chi connectivity index (χ3v) is 6.29. The molecular formula is C28H28N2O3. The molecule has 1 saturated carbocycles. The van der Waals surface area contributed by atoms with Gasteiger partial charge in [-0.05, 0) is 60.6 Å². The van der Waals surface area contributed by atoms with Gasteiger partial charge in [0, 0.05) is 18.7 Å². The molecule has 0 saturated heterocycles. The van der Waals surface area contributed by atoms with Crippen molar-refractivity contribution in [1.29, 1.82) is 0 Å². The summed E-state index contributed by atoms with van der Waals surface area (Å²) in [4.78, 5) is 16.6. The molecule has 1 aliphatic rings. The Bertz CT molecular complexity index is 1300. The molecule has 1 N–H and O–H groups in total. The Labute approximate surface area is 193 Å². The van der Waals surface area contributed by atoms with Crippen LogP contribution in [0.15, 0.2) is 66.9 Å². The molecule has 33 heavy (non-hydrogen) atoms. The second kappa shape index (κ2) is 8.83. The predicted octanol–water partition coefficient (Wildman–Crippen LogP) is 6.40. The van der Waals surface area contributed by atoms with Crippen molar-refractivity contribution in [3.8, 4) is 11.1 Å². The van der Waals surface area contributed by atoms with Gasteiger partial charge >= 0.3 is 5.97 Å². The molecule has 2 aromatic heterocycles. The van der Waals surface area contributed by atoms with Crippen molar-refractivity contribution in [3.63, 3.8) is 0 Å². The average Bonchev–Trinajstić information content (AvgIpc) is 3.59. The Morgan fingerprint density at radius 3 is 2.58 bits per heavy atom. The van der Waals surface area contributed by atoms with Gasteiger partial charge in [-0.15, -0.1) is 0 Å². The lowest BCUT2D eigenvalue weighted by Crippen LogP contribution is -2.11. The van der Waals surface area contributed by atoms with Crippen LogP contribution in [0.4, 0.5) is 0 Å². The van der Waals surface area contributed by atoms with Gasteiger partial charge in [-0.1, -0.05) is 55.5 Å². The van der Waals surface area contributed by atoms with Crippen LogP contribution in [0, 0.1) is 6.92 Å². The summed E-state index contributed by atoms with van der Waals surface area (Å²) in [6.45, 7) is 4.85. The number of ether oxygens (including phenoxy) is 1. The molecular weight excluding hydrogens is 412 g/mol. The Kier molecular flexibility index (Phi) is 5.73. The smallest absolute Gasteiger partial charge is 0.336 e. The lowest BCUT2D eigenvalue weighted by atomic mass is 9.97. The molecule has 168 valence electrons. The number of aromatic carboxylic acids is 1. The number of hydrogen-bond acceptors (Lipinski definition) is 3. The van der Waals surface area contributed by atoms with Crippen molar-refractivity contribution >= 4 is 11.6 Å². The molecule has 1 aliphatic carbocycles. The Balaban J connectivity index is 1.56. The van der Waals surface area contributed by atoms with E-state index in [1.165, 1.54) is 18.5 Å². The molecule has 1 unspecified atom stereocenters. The lowest BCUT2D eigenvalue weighted by molar-refractivity contribution is 0.0697. The Morgan fingerprint density at radius 1 is 1.12 bits per heavy atom. The van der Waals surface area contributed by atoms with Gasteiger partial charge in [-0.25, -0.2) is 9.78 Å². The van der Waals surface area contributed by atoms with E-state index in [9.17, 15) is 9.90 Å². The van der Waals surface area contributed by atoms with E-state index in [2.05, 4.69) is 36.6 Å². The lowest BCUT2D eigenvalue weighted by Gasteiger charge is -2.21. The summed E-state index contributed by atoms with van der Waals surface area (Å²) in [6.07, 6.45) is 5.29. The summed E-state index contributed by atoms with van der Waals surface area (Å²) in [7, 11) is 0. The normalized spacial score (nSPS) is 14.5. The molecule has 2 aromatic carbocycles. The zero-order valence-corrected chi connectivity index (χ0v) is 19.0. The fourth-order valence-electron chi connectivity index (χ4n) is 4.38. The molecule has 5 heteroatoms. The van der Waals surface area contributed by atoms with Crippen LogP contribution >= 0.6 is 0 Å².